The number of carbonyl (C=O) groups is 2. The number of unbranched alkanes of at least 4 members (excludes halogenated alkanes) is 8. The Balaban J connectivity index is 4.59. The van der Waals surface area contributed by atoms with Crippen molar-refractivity contribution >= 4 is 19.8 Å². The minimum atomic E-state index is -4.67. The third-order valence-corrected chi connectivity index (χ3v) is 8.92. The van der Waals surface area contributed by atoms with E-state index in [-0.39, 0.29) is 19.4 Å². The molecular formula is C41H71O11P. The maximum Gasteiger partial charge on any atom is 0.472 e. The summed E-state index contributed by atoms with van der Waals surface area (Å²) in [5.74, 6) is -0.372. The first-order valence-corrected chi connectivity index (χ1v) is 21.2. The number of phosphoric acid groups is 1. The molecule has 0 aliphatic heterocycles. The maximum absolute atomic E-state index is 12.6. The number of esters is 2. The molecule has 2 unspecified atom stereocenters. The van der Waals surface area contributed by atoms with Gasteiger partial charge in [0.2, 0.25) is 0 Å². The van der Waals surface area contributed by atoms with Gasteiger partial charge in [-0.2, -0.15) is 0 Å². The van der Waals surface area contributed by atoms with Crippen molar-refractivity contribution in [2.75, 3.05) is 26.4 Å². The van der Waals surface area contributed by atoms with Crippen LogP contribution in [0.25, 0.3) is 0 Å². The van der Waals surface area contributed by atoms with E-state index < -0.39 is 57.9 Å². The molecule has 0 rings (SSSR count). The third-order valence-electron chi connectivity index (χ3n) is 7.97. The van der Waals surface area contributed by atoms with Crippen LogP contribution >= 0.6 is 7.82 Å². The Morgan fingerprint density at radius 2 is 1.21 bits per heavy atom. The zero-order valence-corrected chi connectivity index (χ0v) is 33.6. The van der Waals surface area contributed by atoms with E-state index in [9.17, 15) is 29.3 Å². The van der Waals surface area contributed by atoms with Crippen LogP contribution in [0.4, 0.5) is 0 Å². The molecule has 0 aromatic heterocycles. The number of hydrogen-bond donors (Lipinski definition) is 4. The second-order valence-electron chi connectivity index (χ2n) is 13.6. The Kier molecular flexibility index (Phi) is 33.8. The molecule has 4 N–H and O–H groups in total. The molecule has 4 atom stereocenters. The first kappa shape index (κ1) is 50.6. The Morgan fingerprint density at radius 1 is 0.660 bits per heavy atom. The standard InChI is InChI=1S/C41H71O11P/c1-4-5-6-7-8-9-10-11-12-15-18-21-24-28-37(43)29-26-31-41(46)52-39(35-51-53(47,48)50-33-38(44)32-42)34-49-40(45)30-25-22-19-16-13-14-17-20-23-27-36(2)3/h5-6,8-9,11-12,18,21,24,28,36-39,42-44H,4,7,10,13-17,19-20,22-23,25-27,29-35H2,1-3H3,(H,47,48)/b6-5-,9-8-,12-11-,21-18-,28-24+/t37?,38-,39+/m0/s1. The van der Waals surface area contributed by atoms with Crippen molar-refractivity contribution in [3.8, 4) is 0 Å². The molecule has 0 fully saturated rings. The van der Waals surface area contributed by atoms with E-state index in [4.69, 9.17) is 19.1 Å². The van der Waals surface area contributed by atoms with Gasteiger partial charge >= 0.3 is 19.8 Å². The van der Waals surface area contributed by atoms with Gasteiger partial charge in [-0.1, -0.05) is 139 Å². The maximum atomic E-state index is 12.6. The van der Waals surface area contributed by atoms with E-state index in [0.717, 1.165) is 50.9 Å². The summed E-state index contributed by atoms with van der Waals surface area (Å²) in [6.07, 6.45) is 32.4. The van der Waals surface area contributed by atoms with Crippen molar-refractivity contribution in [1.29, 1.82) is 0 Å². The molecule has 0 radical (unpaired) electrons. The molecule has 53 heavy (non-hydrogen) atoms. The highest BCUT2D eigenvalue weighted by Crippen LogP contribution is 2.43. The lowest BCUT2D eigenvalue weighted by atomic mass is 10.0. The van der Waals surface area contributed by atoms with Gasteiger partial charge in [0.25, 0.3) is 0 Å². The first-order chi connectivity index (χ1) is 25.5. The minimum absolute atomic E-state index is 0.0484. The van der Waals surface area contributed by atoms with E-state index in [2.05, 4.69) is 61.8 Å². The van der Waals surface area contributed by atoms with Gasteiger partial charge in [-0.05, 0) is 50.9 Å². The third kappa shape index (κ3) is 36.4. The summed E-state index contributed by atoms with van der Waals surface area (Å²) in [5, 5.41) is 28.5. The molecule has 11 nitrogen and oxygen atoms in total. The number of allylic oxidation sites excluding steroid dienone is 9. The summed E-state index contributed by atoms with van der Waals surface area (Å²) >= 11 is 0. The highest BCUT2D eigenvalue weighted by atomic mass is 31.2. The van der Waals surface area contributed by atoms with Crippen molar-refractivity contribution < 1.29 is 52.9 Å². The molecule has 0 amide bonds. The van der Waals surface area contributed by atoms with Crippen molar-refractivity contribution in [2.45, 2.75) is 155 Å². The molecule has 0 aliphatic carbocycles. The molecule has 0 aromatic rings. The molecule has 0 heterocycles. The van der Waals surface area contributed by atoms with E-state index in [1.165, 1.54) is 38.5 Å². The van der Waals surface area contributed by atoms with Gasteiger partial charge < -0.3 is 29.7 Å². The van der Waals surface area contributed by atoms with Crippen LogP contribution in [-0.4, -0.2) is 76.9 Å². The monoisotopic (exact) mass is 770 g/mol. The number of phosphoric ester groups is 1. The molecule has 12 heteroatoms. The Bertz CT molecular complexity index is 1100. The second kappa shape index (κ2) is 35.3. The Labute approximate surface area is 319 Å². The Hall–Kier alpha value is -2.37. The molecule has 0 saturated heterocycles. The predicted molar refractivity (Wildman–Crippen MR) is 211 cm³/mol. The molecule has 0 aliphatic rings. The zero-order chi connectivity index (χ0) is 39.4. The Morgan fingerprint density at radius 3 is 1.81 bits per heavy atom. The minimum Gasteiger partial charge on any atom is -0.462 e. The first-order valence-electron chi connectivity index (χ1n) is 19.7. The summed E-state index contributed by atoms with van der Waals surface area (Å²) in [5.41, 5.74) is 0. The largest absolute Gasteiger partial charge is 0.472 e. The van der Waals surface area contributed by atoms with Crippen LogP contribution in [0.15, 0.2) is 60.8 Å². The molecule has 0 bridgehead atoms. The normalized spacial score (nSPS) is 15.3. The van der Waals surface area contributed by atoms with Gasteiger partial charge in [0.15, 0.2) is 6.10 Å². The number of rotatable bonds is 35. The summed E-state index contributed by atoms with van der Waals surface area (Å²) < 4.78 is 32.5. The summed E-state index contributed by atoms with van der Waals surface area (Å²) in [6, 6.07) is 0. The highest BCUT2D eigenvalue weighted by molar-refractivity contribution is 7.47. The van der Waals surface area contributed by atoms with Crippen LogP contribution in [0.1, 0.15) is 136 Å². The fourth-order valence-corrected chi connectivity index (χ4v) is 5.70. The summed E-state index contributed by atoms with van der Waals surface area (Å²) in [7, 11) is -4.67. The average Bonchev–Trinajstić information content (AvgIpc) is 3.12. The SMILES string of the molecule is CC/C=C\C/C=C\C/C=C\C/C=C\C=C\C(O)CCCC(=O)O[C@H](COC(=O)CCCCCCCCCCCC(C)C)COP(=O)(O)OC[C@@H](O)CO. The van der Waals surface area contributed by atoms with Gasteiger partial charge in [0.05, 0.1) is 25.9 Å². The highest BCUT2D eigenvalue weighted by Gasteiger charge is 2.27. The topological polar surface area (TPSA) is 169 Å². The van der Waals surface area contributed by atoms with Crippen LogP contribution in [0.5, 0.6) is 0 Å². The van der Waals surface area contributed by atoms with Crippen LogP contribution in [0, 0.1) is 5.92 Å². The lowest BCUT2D eigenvalue weighted by molar-refractivity contribution is -0.161. The fourth-order valence-electron chi connectivity index (χ4n) is 4.91. The fraction of sp³-hybridized carbons (Fsp3) is 0.707. The van der Waals surface area contributed by atoms with Crippen LogP contribution in [0.2, 0.25) is 0 Å². The molecular weight excluding hydrogens is 699 g/mol. The summed E-state index contributed by atoms with van der Waals surface area (Å²) in [4.78, 5) is 34.9. The average molecular weight is 771 g/mol. The van der Waals surface area contributed by atoms with Crippen LogP contribution < -0.4 is 0 Å². The number of aliphatic hydroxyl groups excluding tert-OH is 3. The smallest absolute Gasteiger partial charge is 0.462 e. The number of ether oxygens (including phenoxy) is 2. The second-order valence-corrected chi connectivity index (χ2v) is 15.1. The quantitative estimate of drug-likeness (QED) is 0.0160. The van der Waals surface area contributed by atoms with Gasteiger partial charge in [-0.15, -0.1) is 0 Å². The van der Waals surface area contributed by atoms with Crippen molar-refractivity contribution in [3.05, 3.63) is 60.8 Å². The van der Waals surface area contributed by atoms with Crippen molar-refractivity contribution in [2.24, 2.45) is 5.92 Å². The van der Waals surface area contributed by atoms with Gasteiger partial charge in [-0.25, -0.2) is 4.57 Å². The van der Waals surface area contributed by atoms with E-state index >= 15 is 0 Å². The van der Waals surface area contributed by atoms with Crippen LogP contribution in [0.3, 0.4) is 0 Å². The van der Waals surface area contributed by atoms with E-state index in [0.29, 0.717) is 19.3 Å². The predicted octanol–water partition coefficient (Wildman–Crippen LogP) is 8.77. The van der Waals surface area contributed by atoms with Gasteiger partial charge in [-0.3, -0.25) is 18.6 Å². The number of aliphatic hydroxyl groups is 3. The van der Waals surface area contributed by atoms with Crippen molar-refractivity contribution in [1.82, 2.24) is 0 Å². The van der Waals surface area contributed by atoms with Gasteiger partial charge in [0.1, 0.15) is 12.7 Å². The molecule has 306 valence electrons. The van der Waals surface area contributed by atoms with Gasteiger partial charge in [0, 0.05) is 12.8 Å². The lowest BCUT2D eigenvalue weighted by Gasteiger charge is -2.20. The summed E-state index contributed by atoms with van der Waals surface area (Å²) in [6.45, 7) is 4.29. The van der Waals surface area contributed by atoms with Crippen LogP contribution in [-0.2, 0) is 32.7 Å². The molecule has 0 aromatic carbocycles. The molecule has 0 spiro atoms. The van der Waals surface area contributed by atoms with E-state index in [1.807, 2.05) is 12.2 Å². The molecule has 0 saturated carbocycles. The number of carbonyl (C=O) groups excluding carboxylic acids is 2. The van der Waals surface area contributed by atoms with Crippen molar-refractivity contribution in [3.63, 3.8) is 0 Å². The zero-order valence-electron chi connectivity index (χ0n) is 32.7. The van der Waals surface area contributed by atoms with E-state index in [1.54, 1.807) is 12.2 Å². The number of hydrogen-bond acceptors (Lipinski definition) is 10. The lowest BCUT2D eigenvalue weighted by Crippen LogP contribution is -2.30.